The Labute approximate surface area is 232 Å². The van der Waals surface area contributed by atoms with Crippen molar-refractivity contribution in [3.05, 3.63) is 165 Å². The van der Waals surface area contributed by atoms with Crippen LogP contribution in [0, 0.1) is 10.1 Å². The molecule has 0 amide bonds. The summed E-state index contributed by atoms with van der Waals surface area (Å²) in [6.45, 7) is 0. The van der Waals surface area contributed by atoms with Gasteiger partial charge in [0.25, 0.3) is 5.69 Å². The van der Waals surface area contributed by atoms with Crippen molar-refractivity contribution in [1.29, 1.82) is 0 Å². The van der Waals surface area contributed by atoms with Crippen molar-refractivity contribution in [1.82, 2.24) is 0 Å². The number of benzene rings is 5. The van der Waals surface area contributed by atoms with E-state index < -0.39 is 0 Å². The third kappa shape index (κ3) is 4.18. The molecule has 0 saturated heterocycles. The summed E-state index contributed by atoms with van der Waals surface area (Å²) in [6, 6.07) is 42.7. The molecule has 5 aromatic rings. The van der Waals surface area contributed by atoms with E-state index in [4.69, 9.17) is 5.10 Å². The van der Waals surface area contributed by atoms with Gasteiger partial charge >= 0.3 is 0 Å². The Morgan fingerprint density at radius 1 is 0.725 bits per heavy atom. The molecule has 0 N–H and O–H groups in total. The fraction of sp³-hybridized carbons (Fsp3) is 0.0571. The predicted molar refractivity (Wildman–Crippen MR) is 161 cm³/mol. The average molecular weight is 520 g/mol. The van der Waals surface area contributed by atoms with Crippen LogP contribution in [-0.2, 0) is 0 Å². The smallest absolute Gasteiger partial charge is 0.258 e. The molecule has 1 aliphatic carbocycles. The number of nitro benzene ring substituents is 1. The highest BCUT2D eigenvalue weighted by Gasteiger charge is 2.30. The number of anilines is 1. The van der Waals surface area contributed by atoms with E-state index in [-0.39, 0.29) is 16.7 Å². The SMILES string of the molecule is O=[N+]([O-])c1ccc2c(c1)/C(=C/c1ccc(N3N=C(c4ccccc4)C[C@@H]3c3ccccc3)cc1)c1ccccc1-2. The summed E-state index contributed by atoms with van der Waals surface area (Å²) in [4.78, 5) is 11.2. The average Bonchev–Trinajstić information content (AvgIpc) is 3.59. The first-order chi connectivity index (χ1) is 19.7. The minimum atomic E-state index is -0.334. The fourth-order valence-corrected chi connectivity index (χ4v) is 5.74. The van der Waals surface area contributed by atoms with Gasteiger partial charge in [-0.25, -0.2) is 0 Å². The lowest BCUT2D eigenvalue weighted by atomic mass is 9.98. The summed E-state index contributed by atoms with van der Waals surface area (Å²) in [5.41, 5.74) is 10.7. The molecule has 2 aliphatic rings. The van der Waals surface area contributed by atoms with Gasteiger partial charge in [0.2, 0.25) is 0 Å². The van der Waals surface area contributed by atoms with Crippen LogP contribution in [-0.4, -0.2) is 10.6 Å². The molecule has 0 radical (unpaired) electrons. The summed E-state index contributed by atoms with van der Waals surface area (Å²) in [6.07, 6.45) is 2.95. The lowest BCUT2D eigenvalue weighted by Gasteiger charge is -2.24. The number of hydrazone groups is 1. The maximum absolute atomic E-state index is 11.5. The molecule has 0 saturated carbocycles. The van der Waals surface area contributed by atoms with Crippen molar-refractivity contribution in [2.75, 3.05) is 5.01 Å². The largest absolute Gasteiger partial charge is 0.270 e. The second-order valence-electron chi connectivity index (χ2n) is 10.1. The second kappa shape index (κ2) is 9.79. The van der Waals surface area contributed by atoms with E-state index in [1.165, 1.54) is 5.56 Å². The van der Waals surface area contributed by atoms with Crippen LogP contribution in [0.15, 0.2) is 132 Å². The Morgan fingerprint density at radius 3 is 2.10 bits per heavy atom. The van der Waals surface area contributed by atoms with Crippen LogP contribution >= 0.6 is 0 Å². The van der Waals surface area contributed by atoms with E-state index in [0.717, 1.165) is 56.8 Å². The van der Waals surface area contributed by atoms with E-state index in [2.05, 4.69) is 83.9 Å². The molecule has 0 aromatic heterocycles. The number of hydrogen-bond acceptors (Lipinski definition) is 4. The molecule has 1 heterocycles. The van der Waals surface area contributed by atoms with E-state index in [9.17, 15) is 10.1 Å². The summed E-state index contributed by atoms with van der Waals surface area (Å²) in [5, 5.41) is 18.7. The van der Waals surface area contributed by atoms with Gasteiger partial charge < -0.3 is 0 Å². The van der Waals surface area contributed by atoms with E-state index in [1.54, 1.807) is 12.1 Å². The molecule has 0 bridgehead atoms. The van der Waals surface area contributed by atoms with Gasteiger partial charge in [0.15, 0.2) is 0 Å². The number of nitrogens with zero attached hydrogens (tertiary/aromatic N) is 3. The summed E-state index contributed by atoms with van der Waals surface area (Å²) in [5.74, 6) is 0. The van der Waals surface area contributed by atoms with Crippen molar-refractivity contribution < 1.29 is 4.92 Å². The van der Waals surface area contributed by atoms with Gasteiger partial charge in [0.1, 0.15) is 0 Å². The van der Waals surface area contributed by atoms with E-state index >= 15 is 0 Å². The molecule has 5 aromatic carbocycles. The first-order valence-electron chi connectivity index (χ1n) is 13.3. The minimum absolute atomic E-state index is 0.0980. The summed E-state index contributed by atoms with van der Waals surface area (Å²) in [7, 11) is 0. The third-order valence-electron chi connectivity index (χ3n) is 7.68. The van der Waals surface area contributed by atoms with E-state index in [1.807, 2.05) is 42.5 Å². The van der Waals surface area contributed by atoms with Gasteiger partial charge in [-0.3, -0.25) is 15.1 Å². The van der Waals surface area contributed by atoms with Gasteiger partial charge in [-0.05, 0) is 68.8 Å². The highest BCUT2D eigenvalue weighted by molar-refractivity contribution is 6.07. The van der Waals surface area contributed by atoms with Crippen molar-refractivity contribution in [2.24, 2.45) is 5.10 Å². The molecule has 0 unspecified atom stereocenters. The minimum Gasteiger partial charge on any atom is -0.258 e. The van der Waals surface area contributed by atoms with Gasteiger partial charge in [-0.2, -0.15) is 5.10 Å². The molecule has 192 valence electrons. The maximum atomic E-state index is 11.5. The standard InChI is InChI=1S/C35H25N3O2/c39-38(40)28-19-20-31-29-13-7-8-14-30(29)32(33(31)22-28)21-24-15-17-27(18-16-24)37-35(26-11-5-2-6-12-26)23-34(36-37)25-9-3-1-4-10-25/h1-22,35H,23H2/b32-21+/t35-/m1/s1. The van der Waals surface area contributed by atoms with Crippen LogP contribution in [0.3, 0.4) is 0 Å². The monoisotopic (exact) mass is 519 g/mol. The zero-order chi connectivity index (χ0) is 27.1. The van der Waals surface area contributed by atoms with Crippen molar-refractivity contribution in [3.63, 3.8) is 0 Å². The number of fused-ring (bicyclic) bond motifs is 3. The Balaban J connectivity index is 1.26. The predicted octanol–water partition coefficient (Wildman–Crippen LogP) is 8.52. The quantitative estimate of drug-likeness (QED) is 0.169. The molecular formula is C35H25N3O2. The molecule has 5 heteroatoms. The summed E-state index contributed by atoms with van der Waals surface area (Å²) < 4.78 is 0. The molecule has 7 rings (SSSR count). The van der Waals surface area contributed by atoms with Crippen LogP contribution in [0.2, 0.25) is 0 Å². The van der Waals surface area contributed by atoms with Crippen molar-refractivity contribution >= 4 is 28.7 Å². The molecular weight excluding hydrogens is 494 g/mol. The first kappa shape index (κ1) is 23.8. The molecule has 5 nitrogen and oxygen atoms in total. The van der Waals surface area contributed by atoms with Gasteiger partial charge in [0, 0.05) is 18.6 Å². The topological polar surface area (TPSA) is 58.7 Å². The van der Waals surface area contributed by atoms with Gasteiger partial charge in [-0.15, -0.1) is 0 Å². The number of hydrogen-bond donors (Lipinski definition) is 0. The second-order valence-corrected chi connectivity index (χ2v) is 10.1. The zero-order valence-corrected chi connectivity index (χ0v) is 21.6. The van der Waals surface area contributed by atoms with Crippen molar-refractivity contribution in [2.45, 2.75) is 12.5 Å². The van der Waals surface area contributed by atoms with Crippen molar-refractivity contribution in [3.8, 4) is 11.1 Å². The Bertz CT molecular complexity index is 1790. The maximum Gasteiger partial charge on any atom is 0.270 e. The highest BCUT2D eigenvalue weighted by atomic mass is 16.6. The van der Waals surface area contributed by atoms with Gasteiger partial charge in [0.05, 0.1) is 22.4 Å². The van der Waals surface area contributed by atoms with Crippen LogP contribution in [0.1, 0.15) is 40.3 Å². The molecule has 40 heavy (non-hydrogen) atoms. The zero-order valence-electron chi connectivity index (χ0n) is 21.6. The normalized spacial score (nSPS) is 16.5. The molecule has 1 atom stereocenters. The van der Waals surface area contributed by atoms with Crippen LogP contribution < -0.4 is 5.01 Å². The van der Waals surface area contributed by atoms with Crippen LogP contribution in [0.5, 0.6) is 0 Å². The van der Waals surface area contributed by atoms with Crippen LogP contribution in [0.4, 0.5) is 11.4 Å². The van der Waals surface area contributed by atoms with E-state index in [0.29, 0.717) is 0 Å². The summed E-state index contributed by atoms with van der Waals surface area (Å²) >= 11 is 0. The Morgan fingerprint density at radius 2 is 1.38 bits per heavy atom. The number of nitro groups is 1. The number of non-ortho nitro benzene ring substituents is 1. The Kier molecular flexibility index (Phi) is 5.82. The molecule has 0 fully saturated rings. The molecule has 0 spiro atoms. The first-order valence-corrected chi connectivity index (χ1v) is 13.3. The lowest BCUT2D eigenvalue weighted by molar-refractivity contribution is -0.384. The van der Waals surface area contributed by atoms with Gasteiger partial charge in [-0.1, -0.05) is 97.1 Å². The van der Waals surface area contributed by atoms with Crippen LogP contribution in [0.25, 0.3) is 22.8 Å². The highest BCUT2D eigenvalue weighted by Crippen LogP contribution is 2.46. The lowest BCUT2D eigenvalue weighted by Crippen LogP contribution is -2.18. The third-order valence-corrected chi connectivity index (χ3v) is 7.68. The fourth-order valence-electron chi connectivity index (χ4n) is 5.74. The Hall–Kier alpha value is -5.29. The molecule has 1 aliphatic heterocycles. The number of rotatable bonds is 5.